The number of furan rings is 1. The molecule has 0 N–H and O–H groups in total. The highest BCUT2D eigenvalue weighted by atomic mass is 16.3. The highest BCUT2D eigenvalue weighted by Crippen LogP contribution is 2.19. The van der Waals surface area contributed by atoms with E-state index in [0.717, 1.165) is 5.56 Å². The lowest BCUT2D eigenvalue weighted by molar-refractivity contribution is 0.559. The van der Waals surface area contributed by atoms with E-state index in [1.54, 1.807) is 6.26 Å². The van der Waals surface area contributed by atoms with Crippen molar-refractivity contribution in [3.8, 4) is 11.1 Å². The van der Waals surface area contributed by atoms with E-state index in [0.29, 0.717) is 0 Å². The summed E-state index contributed by atoms with van der Waals surface area (Å²) in [4.78, 5) is 0. The van der Waals surface area contributed by atoms with Gasteiger partial charge in [-0.25, -0.2) is 0 Å². The van der Waals surface area contributed by atoms with Gasteiger partial charge < -0.3 is 4.42 Å². The number of benzene rings is 1. The van der Waals surface area contributed by atoms with Crippen LogP contribution in [0.1, 0.15) is 5.56 Å². The van der Waals surface area contributed by atoms with Crippen molar-refractivity contribution in [1.82, 2.24) is 0 Å². The monoisotopic (exact) mass is 157 g/mol. The quantitative estimate of drug-likeness (QED) is 0.620. The lowest BCUT2D eigenvalue weighted by atomic mass is 10.1. The average molecular weight is 157 g/mol. The van der Waals surface area contributed by atoms with E-state index in [9.17, 15) is 0 Å². The van der Waals surface area contributed by atoms with Gasteiger partial charge in [0.2, 0.25) is 0 Å². The van der Waals surface area contributed by atoms with Crippen LogP contribution in [0.4, 0.5) is 0 Å². The molecule has 0 fully saturated rings. The average Bonchev–Trinajstić information content (AvgIpc) is 2.58. The van der Waals surface area contributed by atoms with Crippen LogP contribution in [0.2, 0.25) is 0 Å². The topological polar surface area (TPSA) is 13.1 Å². The molecule has 0 aliphatic heterocycles. The summed E-state index contributed by atoms with van der Waals surface area (Å²) in [6.45, 7) is 2.07. The number of aryl methyl sites for hydroxylation is 1. The van der Waals surface area contributed by atoms with Gasteiger partial charge in [0, 0.05) is 5.56 Å². The van der Waals surface area contributed by atoms with Crippen molar-refractivity contribution >= 4 is 0 Å². The molecule has 1 nitrogen and oxygen atoms in total. The van der Waals surface area contributed by atoms with E-state index in [-0.39, 0.29) is 0 Å². The van der Waals surface area contributed by atoms with Crippen molar-refractivity contribution in [1.29, 1.82) is 0 Å². The third kappa shape index (κ3) is 1.26. The Morgan fingerprint density at radius 2 is 1.83 bits per heavy atom. The fourth-order valence-corrected chi connectivity index (χ4v) is 1.13. The molecule has 0 unspecified atom stereocenters. The largest absolute Gasteiger partial charge is 0.460 e. The van der Waals surface area contributed by atoms with Crippen molar-refractivity contribution < 1.29 is 4.42 Å². The zero-order valence-electron chi connectivity index (χ0n) is 6.87. The molecule has 2 rings (SSSR count). The van der Waals surface area contributed by atoms with Gasteiger partial charge in [-0.3, -0.25) is 0 Å². The Hall–Kier alpha value is -1.50. The van der Waals surface area contributed by atoms with Crippen LogP contribution in [0.15, 0.2) is 41.0 Å². The molecule has 1 aromatic carbocycles. The molecule has 1 aromatic heterocycles. The Balaban J connectivity index is 2.43. The van der Waals surface area contributed by atoms with E-state index in [1.807, 2.05) is 6.07 Å². The van der Waals surface area contributed by atoms with E-state index >= 15 is 0 Å². The second-order valence-corrected chi connectivity index (χ2v) is 2.82. The zero-order chi connectivity index (χ0) is 8.39. The summed E-state index contributed by atoms with van der Waals surface area (Å²) in [6, 6.07) is 10.2. The van der Waals surface area contributed by atoms with Crippen molar-refractivity contribution in [2.75, 3.05) is 0 Å². The first-order valence-corrected chi connectivity index (χ1v) is 3.88. The zero-order valence-corrected chi connectivity index (χ0v) is 6.87. The van der Waals surface area contributed by atoms with Gasteiger partial charge in [0.15, 0.2) is 6.26 Å². The summed E-state index contributed by atoms with van der Waals surface area (Å²) < 4.78 is 4.87. The molecule has 1 heteroatoms. The molecule has 2 aromatic rings. The second-order valence-electron chi connectivity index (χ2n) is 2.82. The minimum Gasteiger partial charge on any atom is -0.460 e. The van der Waals surface area contributed by atoms with Crippen molar-refractivity contribution in [2.24, 2.45) is 0 Å². The highest BCUT2D eigenvalue weighted by Gasteiger charge is 1.96. The Morgan fingerprint density at radius 1 is 1.08 bits per heavy atom. The van der Waals surface area contributed by atoms with Crippen LogP contribution in [0.5, 0.6) is 0 Å². The minimum atomic E-state index is 1.08. The fourth-order valence-electron chi connectivity index (χ4n) is 1.13. The molecular formula is C11H9O. The molecule has 0 aliphatic carbocycles. The summed E-state index contributed by atoms with van der Waals surface area (Å²) in [6.07, 6.45) is 4.37. The molecule has 1 heterocycles. The number of rotatable bonds is 1. The molecule has 12 heavy (non-hydrogen) atoms. The summed E-state index contributed by atoms with van der Waals surface area (Å²) in [7, 11) is 0. The van der Waals surface area contributed by atoms with Crippen LogP contribution in [-0.4, -0.2) is 0 Å². The molecule has 0 bridgehead atoms. The van der Waals surface area contributed by atoms with Crippen molar-refractivity contribution in [3.63, 3.8) is 0 Å². The third-order valence-electron chi connectivity index (χ3n) is 1.85. The van der Waals surface area contributed by atoms with Gasteiger partial charge in [-0.05, 0) is 18.6 Å². The predicted molar refractivity (Wildman–Crippen MR) is 47.7 cm³/mol. The maximum Gasteiger partial charge on any atom is 0.169 e. The Morgan fingerprint density at radius 3 is 2.42 bits per heavy atom. The smallest absolute Gasteiger partial charge is 0.169 e. The van der Waals surface area contributed by atoms with Crippen molar-refractivity contribution in [3.05, 3.63) is 48.4 Å². The fraction of sp³-hybridized carbons (Fsp3) is 0.0909. The van der Waals surface area contributed by atoms with Crippen LogP contribution >= 0.6 is 0 Å². The van der Waals surface area contributed by atoms with Crippen LogP contribution < -0.4 is 0 Å². The maximum atomic E-state index is 4.87. The minimum absolute atomic E-state index is 1.08. The Labute approximate surface area is 71.6 Å². The lowest BCUT2D eigenvalue weighted by Crippen LogP contribution is -1.73. The first-order chi connectivity index (χ1) is 5.86. The van der Waals surface area contributed by atoms with Gasteiger partial charge in [0.25, 0.3) is 0 Å². The molecule has 0 saturated heterocycles. The van der Waals surface area contributed by atoms with Gasteiger partial charge in [-0.15, -0.1) is 0 Å². The van der Waals surface area contributed by atoms with Gasteiger partial charge in [0.1, 0.15) is 0 Å². The molecule has 59 valence electrons. The lowest BCUT2D eigenvalue weighted by Gasteiger charge is -1.96. The molecule has 0 saturated carbocycles. The van der Waals surface area contributed by atoms with Crippen LogP contribution in [0.3, 0.4) is 0 Å². The first-order valence-electron chi connectivity index (χ1n) is 3.88. The summed E-state index contributed by atoms with van der Waals surface area (Å²) in [5.41, 5.74) is 3.52. The van der Waals surface area contributed by atoms with E-state index in [4.69, 9.17) is 4.42 Å². The molecule has 0 spiro atoms. The molecule has 0 aliphatic rings. The van der Waals surface area contributed by atoms with Gasteiger partial charge in [0.05, 0.1) is 6.26 Å². The molecule has 0 amide bonds. The first kappa shape index (κ1) is 7.17. The summed E-state index contributed by atoms with van der Waals surface area (Å²) in [5.74, 6) is 0. The Bertz CT molecular complexity index is 343. The highest BCUT2D eigenvalue weighted by molar-refractivity contribution is 5.61. The van der Waals surface area contributed by atoms with Gasteiger partial charge in [-0.2, -0.15) is 0 Å². The predicted octanol–water partition coefficient (Wildman–Crippen LogP) is 3.06. The standard InChI is InChI=1S/C11H9O/c1-9-2-4-10(5-3-9)11-6-7-12-8-11/h2-6,8H,1H3. The van der Waals surface area contributed by atoms with Crippen molar-refractivity contribution in [2.45, 2.75) is 6.92 Å². The van der Waals surface area contributed by atoms with Crippen LogP contribution in [0.25, 0.3) is 11.1 Å². The number of hydrogen-bond acceptors (Lipinski definition) is 1. The van der Waals surface area contributed by atoms with E-state index in [1.165, 1.54) is 11.1 Å². The summed E-state index contributed by atoms with van der Waals surface area (Å²) in [5, 5.41) is 0. The van der Waals surface area contributed by atoms with E-state index < -0.39 is 0 Å². The van der Waals surface area contributed by atoms with Gasteiger partial charge >= 0.3 is 0 Å². The third-order valence-corrected chi connectivity index (χ3v) is 1.85. The Kier molecular flexibility index (Phi) is 1.71. The van der Waals surface area contributed by atoms with E-state index in [2.05, 4.69) is 37.5 Å². The second kappa shape index (κ2) is 2.86. The molecule has 0 atom stereocenters. The summed E-state index contributed by atoms with van der Waals surface area (Å²) >= 11 is 0. The van der Waals surface area contributed by atoms with Crippen LogP contribution in [-0.2, 0) is 0 Å². The van der Waals surface area contributed by atoms with Crippen LogP contribution in [0, 0.1) is 13.2 Å². The van der Waals surface area contributed by atoms with Gasteiger partial charge in [-0.1, -0.05) is 29.8 Å². The SMILES string of the molecule is Cc1ccc(-c2c[c]oc2)cc1. The molecule has 1 radical (unpaired) electrons. The molecular weight excluding hydrogens is 148 g/mol. The normalized spacial score (nSPS) is 10.1. The maximum absolute atomic E-state index is 4.87. The number of hydrogen-bond donors (Lipinski definition) is 0.